The van der Waals surface area contributed by atoms with Crippen LogP contribution in [-0.4, -0.2) is 35.1 Å². The molecule has 1 rings (SSSR count). The van der Waals surface area contributed by atoms with Gasteiger partial charge in [0.15, 0.2) is 0 Å². The Kier molecular flexibility index (Phi) is 2.09. The van der Waals surface area contributed by atoms with E-state index in [0.29, 0.717) is 13.0 Å². The summed E-state index contributed by atoms with van der Waals surface area (Å²) in [7, 11) is 0. The van der Waals surface area contributed by atoms with Gasteiger partial charge in [-0.1, -0.05) is 0 Å². The number of rotatable bonds is 2. The molecule has 2 amide bonds. The van der Waals surface area contributed by atoms with Crippen LogP contribution in [0.15, 0.2) is 0 Å². The summed E-state index contributed by atoms with van der Waals surface area (Å²) in [5, 5.41) is 8.59. The first-order valence-electron chi connectivity index (χ1n) is 3.35. The first-order valence-corrected chi connectivity index (χ1v) is 3.35. The lowest BCUT2D eigenvalue weighted by atomic mass is 10.1. The Morgan fingerprint density at radius 2 is 2.45 bits per heavy atom. The van der Waals surface area contributed by atoms with E-state index in [-0.39, 0.29) is 12.6 Å². The number of nitrogens with two attached hydrogens (primary N) is 1. The monoisotopic (exact) mass is 158 g/mol. The van der Waals surface area contributed by atoms with Crippen LogP contribution in [0.25, 0.3) is 0 Å². The number of carbonyl (C=O) groups is 2. The number of hydrogen-bond acceptors (Lipinski definition) is 3. The van der Waals surface area contributed by atoms with Gasteiger partial charge in [0.1, 0.15) is 12.6 Å². The lowest BCUT2D eigenvalue weighted by molar-refractivity contribution is -0.138. The molecule has 0 bridgehead atoms. The molecule has 1 aliphatic heterocycles. The summed E-state index contributed by atoms with van der Waals surface area (Å²) in [5.41, 5.74) is 4.94. The van der Waals surface area contributed by atoms with E-state index in [4.69, 9.17) is 10.8 Å². The van der Waals surface area contributed by atoms with E-state index in [1.54, 1.807) is 0 Å². The number of carbonyl (C=O) groups excluding carboxylic acids is 2. The fraction of sp³-hybridized carbons (Fsp3) is 0.667. The smallest absolute Gasteiger partial charge is 0.237 e. The van der Waals surface area contributed by atoms with Crippen molar-refractivity contribution in [2.75, 3.05) is 13.3 Å². The summed E-state index contributed by atoms with van der Waals surface area (Å²) in [4.78, 5) is 22.8. The Labute approximate surface area is 63.8 Å². The van der Waals surface area contributed by atoms with Crippen molar-refractivity contribution in [3.63, 3.8) is 0 Å². The highest BCUT2D eigenvalue weighted by Gasteiger charge is 2.34. The summed E-state index contributed by atoms with van der Waals surface area (Å²) < 4.78 is 0. The maximum atomic E-state index is 11.0. The number of aliphatic hydroxyl groups excluding tert-OH is 1. The molecule has 0 radical (unpaired) electrons. The normalized spacial score (nSPS) is 24.3. The highest BCUT2D eigenvalue weighted by atomic mass is 16.3. The molecule has 0 saturated carbocycles. The van der Waals surface area contributed by atoms with Crippen molar-refractivity contribution in [2.24, 2.45) is 11.7 Å². The molecule has 1 heterocycles. The first kappa shape index (κ1) is 8.00. The van der Waals surface area contributed by atoms with Gasteiger partial charge in [0.25, 0.3) is 0 Å². The van der Waals surface area contributed by atoms with E-state index in [0.717, 1.165) is 0 Å². The first-order chi connectivity index (χ1) is 5.16. The van der Waals surface area contributed by atoms with Crippen molar-refractivity contribution in [1.82, 2.24) is 4.90 Å². The second kappa shape index (κ2) is 2.87. The van der Waals surface area contributed by atoms with Crippen molar-refractivity contribution < 1.29 is 14.7 Å². The molecule has 0 aromatic heterocycles. The number of primary amides is 1. The number of likely N-dealkylation sites (tertiary alicyclic amines) is 1. The van der Waals surface area contributed by atoms with Crippen LogP contribution in [0.3, 0.4) is 0 Å². The summed E-state index contributed by atoms with van der Waals surface area (Å²) in [6.45, 7) is 0.0888. The topological polar surface area (TPSA) is 83.6 Å². The van der Waals surface area contributed by atoms with E-state index in [1.165, 1.54) is 4.90 Å². The van der Waals surface area contributed by atoms with Crippen molar-refractivity contribution in [3.8, 4) is 0 Å². The Morgan fingerprint density at radius 1 is 1.82 bits per heavy atom. The number of hydrogen-bond donors (Lipinski definition) is 2. The van der Waals surface area contributed by atoms with Crippen LogP contribution in [-0.2, 0) is 9.59 Å². The third kappa shape index (κ3) is 1.32. The zero-order valence-corrected chi connectivity index (χ0v) is 5.99. The average molecular weight is 158 g/mol. The van der Waals surface area contributed by atoms with Crippen molar-refractivity contribution in [3.05, 3.63) is 0 Å². The molecular formula is C6H10N2O3. The largest absolute Gasteiger partial charge is 0.376 e. The van der Waals surface area contributed by atoms with Crippen LogP contribution in [0, 0.1) is 5.92 Å². The molecule has 3 N–H and O–H groups in total. The lowest BCUT2D eigenvalue weighted by Crippen LogP contribution is -2.33. The summed E-state index contributed by atoms with van der Waals surface area (Å²) in [6, 6.07) is 0. The molecular weight excluding hydrogens is 148 g/mol. The molecule has 5 heteroatoms. The van der Waals surface area contributed by atoms with Gasteiger partial charge in [0.05, 0.1) is 0 Å². The number of aliphatic hydroxyl groups is 1. The summed E-state index contributed by atoms with van der Waals surface area (Å²) in [6.07, 6.45) is 0.425. The second-order valence-corrected chi connectivity index (χ2v) is 2.49. The Hall–Kier alpha value is -1.10. The van der Waals surface area contributed by atoms with Gasteiger partial charge < -0.3 is 15.7 Å². The minimum atomic E-state index is -0.720. The molecule has 62 valence electrons. The maximum Gasteiger partial charge on any atom is 0.237 e. The Balaban J connectivity index is 2.63. The molecule has 0 aromatic carbocycles. The summed E-state index contributed by atoms with van der Waals surface area (Å²) in [5.74, 6) is -1.69. The van der Waals surface area contributed by atoms with Crippen LogP contribution in [0.4, 0.5) is 0 Å². The predicted molar refractivity (Wildman–Crippen MR) is 36.1 cm³/mol. The van der Waals surface area contributed by atoms with Crippen molar-refractivity contribution in [1.29, 1.82) is 0 Å². The van der Waals surface area contributed by atoms with Crippen LogP contribution in [0.1, 0.15) is 6.42 Å². The third-order valence-corrected chi connectivity index (χ3v) is 1.81. The Morgan fingerprint density at radius 3 is 2.73 bits per heavy atom. The van der Waals surface area contributed by atoms with Gasteiger partial charge in [0, 0.05) is 6.54 Å². The highest BCUT2D eigenvalue weighted by molar-refractivity contribution is 6.00. The number of amides is 2. The molecule has 1 unspecified atom stereocenters. The fourth-order valence-electron chi connectivity index (χ4n) is 1.14. The van der Waals surface area contributed by atoms with Crippen LogP contribution in [0.5, 0.6) is 0 Å². The Bertz CT molecular complexity index is 192. The van der Waals surface area contributed by atoms with E-state index in [9.17, 15) is 9.59 Å². The van der Waals surface area contributed by atoms with Gasteiger partial charge in [-0.25, -0.2) is 0 Å². The SMILES string of the molecule is NC(=O)C1CCN(CO)C1=O. The van der Waals surface area contributed by atoms with Gasteiger partial charge in [-0.3, -0.25) is 9.59 Å². The predicted octanol–water partition coefficient (Wildman–Crippen LogP) is -1.73. The van der Waals surface area contributed by atoms with Crippen molar-refractivity contribution in [2.45, 2.75) is 6.42 Å². The van der Waals surface area contributed by atoms with Gasteiger partial charge in [-0.2, -0.15) is 0 Å². The zero-order chi connectivity index (χ0) is 8.43. The number of nitrogens with zero attached hydrogens (tertiary/aromatic N) is 1. The van der Waals surface area contributed by atoms with Crippen LogP contribution < -0.4 is 5.73 Å². The second-order valence-electron chi connectivity index (χ2n) is 2.49. The highest BCUT2D eigenvalue weighted by Crippen LogP contribution is 2.16. The summed E-state index contributed by atoms with van der Waals surface area (Å²) >= 11 is 0. The zero-order valence-electron chi connectivity index (χ0n) is 5.99. The molecule has 0 spiro atoms. The molecule has 1 atom stereocenters. The van der Waals surface area contributed by atoms with Gasteiger partial charge in [0.2, 0.25) is 11.8 Å². The van der Waals surface area contributed by atoms with Crippen molar-refractivity contribution >= 4 is 11.8 Å². The molecule has 0 aromatic rings. The lowest BCUT2D eigenvalue weighted by Gasteiger charge is -2.10. The fourth-order valence-corrected chi connectivity index (χ4v) is 1.14. The van der Waals surface area contributed by atoms with Gasteiger partial charge >= 0.3 is 0 Å². The van der Waals surface area contributed by atoms with E-state index < -0.39 is 11.8 Å². The quantitative estimate of drug-likeness (QED) is 0.468. The maximum absolute atomic E-state index is 11.0. The van der Waals surface area contributed by atoms with Gasteiger partial charge in [-0.05, 0) is 6.42 Å². The van der Waals surface area contributed by atoms with Crippen LogP contribution in [0.2, 0.25) is 0 Å². The van der Waals surface area contributed by atoms with E-state index >= 15 is 0 Å². The minimum Gasteiger partial charge on any atom is -0.376 e. The van der Waals surface area contributed by atoms with Gasteiger partial charge in [-0.15, -0.1) is 0 Å². The molecule has 5 nitrogen and oxygen atoms in total. The molecule has 0 aliphatic carbocycles. The minimum absolute atomic E-state index is 0.331. The third-order valence-electron chi connectivity index (χ3n) is 1.81. The molecule has 1 saturated heterocycles. The average Bonchev–Trinajstić information content (AvgIpc) is 2.30. The van der Waals surface area contributed by atoms with Crippen LogP contribution >= 0.6 is 0 Å². The van der Waals surface area contributed by atoms with E-state index in [2.05, 4.69) is 0 Å². The standard InChI is InChI=1S/C6H10N2O3/c7-5(10)4-1-2-8(3-9)6(4)11/h4,9H,1-3H2,(H2,7,10). The molecule has 1 aliphatic rings. The molecule has 11 heavy (non-hydrogen) atoms. The molecule has 1 fully saturated rings. The van der Waals surface area contributed by atoms with E-state index in [1.807, 2.05) is 0 Å².